The third-order valence-corrected chi connectivity index (χ3v) is 3.28. The zero-order valence-electron chi connectivity index (χ0n) is 10.3. The lowest BCUT2D eigenvalue weighted by Crippen LogP contribution is -2.37. The number of benzene rings is 1. The second kappa shape index (κ2) is 5.26. The molecule has 0 fully saturated rings. The Hall–Kier alpha value is -1.76. The van der Waals surface area contributed by atoms with Crippen LogP contribution in [0, 0.1) is 0 Å². The number of carbonyl (C=O) groups excluding carboxylic acids is 1. The highest BCUT2D eigenvalue weighted by atomic mass is 32.2. The van der Waals surface area contributed by atoms with E-state index in [1.165, 1.54) is 18.2 Å². The number of hydrogen-bond acceptors (Lipinski definition) is 5. The standard InChI is InChI=1S/C11H17N3O3S/c1-7(6-18(2,16)17)14-11(15)8-3-9(12)5-10(13)4-8/h3-5,7H,6,12-13H2,1-2H3,(H,14,15). The summed E-state index contributed by atoms with van der Waals surface area (Å²) in [5.74, 6) is -0.513. The van der Waals surface area contributed by atoms with E-state index in [0.29, 0.717) is 16.9 Å². The van der Waals surface area contributed by atoms with Crippen molar-refractivity contribution in [3.05, 3.63) is 23.8 Å². The van der Waals surface area contributed by atoms with E-state index in [4.69, 9.17) is 11.5 Å². The van der Waals surface area contributed by atoms with Gasteiger partial charge in [0.1, 0.15) is 9.84 Å². The number of rotatable bonds is 4. The number of sulfone groups is 1. The molecular formula is C11H17N3O3S. The maximum atomic E-state index is 11.8. The second-order valence-corrected chi connectivity index (χ2v) is 6.54. The Balaban J connectivity index is 2.76. The number of nitrogen functional groups attached to an aromatic ring is 2. The van der Waals surface area contributed by atoms with Gasteiger partial charge in [-0.25, -0.2) is 8.42 Å². The van der Waals surface area contributed by atoms with Crippen molar-refractivity contribution >= 4 is 27.1 Å². The topological polar surface area (TPSA) is 115 Å². The van der Waals surface area contributed by atoms with Crippen LogP contribution >= 0.6 is 0 Å². The van der Waals surface area contributed by atoms with Gasteiger partial charge in [-0.3, -0.25) is 4.79 Å². The Morgan fingerprint density at radius 1 is 1.28 bits per heavy atom. The molecule has 0 aliphatic heterocycles. The highest BCUT2D eigenvalue weighted by Crippen LogP contribution is 2.13. The number of carbonyl (C=O) groups is 1. The van der Waals surface area contributed by atoms with E-state index in [1.807, 2.05) is 0 Å². The summed E-state index contributed by atoms with van der Waals surface area (Å²) in [4.78, 5) is 11.8. The predicted molar refractivity (Wildman–Crippen MR) is 71.9 cm³/mol. The van der Waals surface area contributed by atoms with Crippen molar-refractivity contribution in [2.24, 2.45) is 0 Å². The van der Waals surface area contributed by atoms with Crippen LogP contribution in [0.5, 0.6) is 0 Å². The molecule has 100 valence electrons. The van der Waals surface area contributed by atoms with Crippen molar-refractivity contribution in [2.75, 3.05) is 23.5 Å². The molecule has 1 amide bonds. The minimum absolute atomic E-state index is 0.115. The minimum atomic E-state index is -3.13. The summed E-state index contributed by atoms with van der Waals surface area (Å²) in [5, 5.41) is 2.58. The third kappa shape index (κ3) is 4.62. The van der Waals surface area contributed by atoms with Crippen LogP contribution in [0.4, 0.5) is 11.4 Å². The van der Waals surface area contributed by atoms with Crippen LogP contribution in [0.1, 0.15) is 17.3 Å². The summed E-state index contributed by atoms with van der Waals surface area (Å²) in [6.07, 6.45) is 1.12. The quantitative estimate of drug-likeness (QED) is 0.667. The number of amides is 1. The molecule has 0 heterocycles. The lowest BCUT2D eigenvalue weighted by Gasteiger charge is -2.13. The first kappa shape index (κ1) is 14.3. The van der Waals surface area contributed by atoms with Gasteiger partial charge in [0, 0.05) is 29.2 Å². The predicted octanol–water partition coefficient (Wildman–Crippen LogP) is 0.0139. The lowest BCUT2D eigenvalue weighted by atomic mass is 10.1. The van der Waals surface area contributed by atoms with Crippen molar-refractivity contribution in [2.45, 2.75) is 13.0 Å². The molecule has 0 bridgehead atoms. The summed E-state index contributed by atoms with van der Waals surface area (Å²) in [5.41, 5.74) is 12.2. The van der Waals surface area contributed by atoms with Gasteiger partial charge in [-0.15, -0.1) is 0 Å². The van der Waals surface area contributed by atoms with Crippen LogP contribution in [0.2, 0.25) is 0 Å². The van der Waals surface area contributed by atoms with Crippen LogP contribution in [-0.4, -0.2) is 32.4 Å². The van der Waals surface area contributed by atoms with Crippen molar-refractivity contribution in [3.8, 4) is 0 Å². The third-order valence-electron chi connectivity index (χ3n) is 2.17. The van der Waals surface area contributed by atoms with E-state index < -0.39 is 21.8 Å². The molecule has 6 nitrogen and oxygen atoms in total. The molecule has 0 spiro atoms. The SMILES string of the molecule is CC(CS(C)(=O)=O)NC(=O)c1cc(N)cc(N)c1. The fraction of sp³-hybridized carbons (Fsp3) is 0.364. The summed E-state index contributed by atoms with van der Waals surface area (Å²) in [6, 6.07) is 4.03. The highest BCUT2D eigenvalue weighted by molar-refractivity contribution is 7.90. The van der Waals surface area contributed by atoms with Crippen molar-refractivity contribution in [1.29, 1.82) is 0 Å². The Bertz CT molecular complexity index is 534. The average molecular weight is 271 g/mol. The monoisotopic (exact) mass is 271 g/mol. The maximum absolute atomic E-state index is 11.8. The Morgan fingerprint density at radius 3 is 2.22 bits per heavy atom. The van der Waals surface area contributed by atoms with Gasteiger partial charge in [-0.2, -0.15) is 0 Å². The molecule has 0 radical (unpaired) electrons. The molecule has 1 unspecified atom stereocenters. The zero-order valence-corrected chi connectivity index (χ0v) is 11.1. The molecule has 7 heteroatoms. The van der Waals surface area contributed by atoms with Crippen LogP contribution < -0.4 is 16.8 Å². The van der Waals surface area contributed by atoms with Crippen LogP contribution in [0.25, 0.3) is 0 Å². The molecule has 0 aliphatic carbocycles. The van der Waals surface area contributed by atoms with E-state index in [0.717, 1.165) is 6.26 Å². The van der Waals surface area contributed by atoms with Crippen molar-refractivity contribution in [1.82, 2.24) is 5.32 Å². The zero-order chi connectivity index (χ0) is 13.9. The number of hydrogen-bond donors (Lipinski definition) is 3. The first-order chi connectivity index (χ1) is 8.17. The molecule has 1 rings (SSSR count). The number of nitrogens with two attached hydrogens (primary N) is 2. The van der Waals surface area contributed by atoms with Crippen LogP contribution in [-0.2, 0) is 9.84 Å². The first-order valence-electron chi connectivity index (χ1n) is 5.32. The van der Waals surface area contributed by atoms with Gasteiger partial charge in [-0.1, -0.05) is 0 Å². The average Bonchev–Trinajstić information content (AvgIpc) is 2.12. The fourth-order valence-corrected chi connectivity index (χ4v) is 2.60. The van der Waals surface area contributed by atoms with Crippen LogP contribution in [0.3, 0.4) is 0 Å². The summed E-state index contributed by atoms with van der Waals surface area (Å²) in [6.45, 7) is 1.62. The summed E-state index contributed by atoms with van der Waals surface area (Å²) < 4.78 is 22.2. The van der Waals surface area contributed by atoms with Crippen molar-refractivity contribution < 1.29 is 13.2 Å². The van der Waals surface area contributed by atoms with Gasteiger partial charge in [-0.05, 0) is 25.1 Å². The Morgan fingerprint density at radius 2 is 1.78 bits per heavy atom. The lowest BCUT2D eigenvalue weighted by molar-refractivity contribution is 0.0943. The molecule has 5 N–H and O–H groups in total. The minimum Gasteiger partial charge on any atom is -0.399 e. The molecule has 0 aliphatic rings. The molecule has 1 aromatic carbocycles. The first-order valence-corrected chi connectivity index (χ1v) is 7.38. The summed E-state index contributed by atoms with van der Waals surface area (Å²) >= 11 is 0. The molecule has 0 saturated heterocycles. The Kier molecular flexibility index (Phi) is 4.18. The second-order valence-electron chi connectivity index (χ2n) is 4.36. The molecule has 1 aromatic rings. The van der Waals surface area contributed by atoms with E-state index in [9.17, 15) is 13.2 Å². The van der Waals surface area contributed by atoms with E-state index in [-0.39, 0.29) is 5.75 Å². The van der Waals surface area contributed by atoms with E-state index in [2.05, 4.69) is 5.32 Å². The highest BCUT2D eigenvalue weighted by Gasteiger charge is 2.14. The number of anilines is 2. The summed E-state index contributed by atoms with van der Waals surface area (Å²) in [7, 11) is -3.13. The van der Waals surface area contributed by atoms with Gasteiger partial charge >= 0.3 is 0 Å². The van der Waals surface area contributed by atoms with Gasteiger partial charge in [0.15, 0.2) is 0 Å². The van der Waals surface area contributed by atoms with E-state index in [1.54, 1.807) is 6.92 Å². The maximum Gasteiger partial charge on any atom is 0.251 e. The fourth-order valence-electron chi connectivity index (χ4n) is 1.61. The molecule has 0 saturated carbocycles. The van der Waals surface area contributed by atoms with Crippen molar-refractivity contribution in [3.63, 3.8) is 0 Å². The van der Waals surface area contributed by atoms with E-state index >= 15 is 0 Å². The molecule has 0 aromatic heterocycles. The normalized spacial score (nSPS) is 13.0. The smallest absolute Gasteiger partial charge is 0.251 e. The largest absolute Gasteiger partial charge is 0.399 e. The molecule has 1 atom stereocenters. The Labute approximate surface area is 106 Å². The van der Waals surface area contributed by atoms with Gasteiger partial charge in [0.2, 0.25) is 0 Å². The van der Waals surface area contributed by atoms with Gasteiger partial charge in [0.05, 0.1) is 5.75 Å². The molecule has 18 heavy (non-hydrogen) atoms. The number of nitrogens with one attached hydrogen (secondary N) is 1. The molecular weight excluding hydrogens is 254 g/mol. The van der Waals surface area contributed by atoms with Crippen LogP contribution in [0.15, 0.2) is 18.2 Å². The van der Waals surface area contributed by atoms with Gasteiger partial charge < -0.3 is 16.8 Å². The van der Waals surface area contributed by atoms with Gasteiger partial charge in [0.25, 0.3) is 5.91 Å².